The average molecular weight is 361 g/mol. The van der Waals surface area contributed by atoms with Gasteiger partial charge in [-0.1, -0.05) is 23.9 Å². The maximum Gasteiger partial charge on any atom is 0.277 e. The van der Waals surface area contributed by atoms with E-state index in [1.807, 2.05) is 42.6 Å². The van der Waals surface area contributed by atoms with Gasteiger partial charge in [0.2, 0.25) is 5.91 Å². The number of carbonyl (C=O) groups excluding carboxylic acids is 1. The number of carbonyl (C=O) groups is 1. The van der Waals surface area contributed by atoms with Crippen molar-refractivity contribution in [3.63, 3.8) is 0 Å². The van der Waals surface area contributed by atoms with Gasteiger partial charge in [0, 0.05) is 0 Å². The highest BCUT2D eigenvalue weighted by molar-refractivity contribution is 7.99. The highest BCUT2D eigenvalue weighted by Crippen LogP contribution is 2.28. The van der Waals surface area contributed by atoms with Crippen LogP contribution in [0.2, 0.25) is 0 Å². The molecule has 1 N–H and O–H groups in total. The fourth-order valence-corrected chi connectivity index (χ4v) is 3.21. The second kappa shape index (κ2) is 7.50. The lowest BCUT2D eigenvalue weighted by molar-refractivity contribution is -0.113. The third-order valence-corrected chi connectivity index (χ3v) is 4.77. The number of ether oxygens (including phenoxy) is 1. The summed E-state index contributed by atoms with van der Waals surface area (Å²) in [4.78, 5) is 13.0. The fourth-order valence-electron chi connectivity index (χ4n) is 2.00. The average Bonchev–Trinajstić information content (AvgIpc) is 3.24. The van der Waals surface area contributed by atoms with Crippen LogP contribution in [0.15, 0.2) is 45.4 Å². The molecular formula is C16H15N3O3S2. The molecule has 1 aromatic carbocycles. The second-order valence-corrected chi connectivity index (χ2v) is 6.77. The zero-order valence-corrected chi connectivity index (χ0v) is 14.7. The number of methoxy groups -OCH3 is 1. The predicted molar refractivity (Wildman–Crippen MR) is 94.7 cm³/mol. The van der Waals surface area contributed by atoms with Crippen LogP contribution >= 0.6 is 23.1 Å². The number of anilines is 1. The van der Waals surface area contributed by atoms with Crippen molar-refractivity contribution in [3.05, 3.63) is 41.3 Å². The normalized spacial score (nSPS) is 10.6. The molecule has 0 unspecified atom stereocenters. The van der Waals surface area contributed by atoms with Crippen LogP contribution in [-0.4, -0.2) is 29.0 Å². The van der Waals surface area contributed by atoms with Gasteiger partial charge in [0.25, 0.3) is 11.1 Å². The first-order valence-corrected chi connectivity index (χ1v) is 8.97. The van der Waals surface area contributed by atoms with Crippen molar-refractivity contribution in [1.29, 1.82) is 0 Å². The smallest absolute Gasteiger partial charge is 0.277 e. The minimum absolute atomic E-state index is 0.167. The number of amides is 1. The molecule has 0 spiro atoms. The van der Waals surface area contributed by atoms with Crippen molar-refractivity contribution in [3.8, 4) is 16.5 Å². The van der Waals surface area contributed by atoms with Crippen molar-refractivity contribution in [1.82, 2.24) is 10.2 Å². The number of benzene rings is 1. The first-order chi connectivity index (χ1) is 11.7. The zero-order chi connectivity index (χ0) is 16.9. The van der Waals surface area contributed by atoms with Gasteiger partial charge in [-0.3, -0.25) is 4.79 Å². The third kappa shape index (κ3) is 3.95. The molecule has 3 aromatic rings. The molecule has 0 aliphatic heterocycles. The molecule has 0 aliphatic rings. The maximum atomic E-state index is 12.1. The molecule has 24 heavy (non-hydrogen) atoms. The van der Waals surface area contributed by atoms with Crippen LogP contribution in [0, 0.1) is 6.92 Å². The summed E-state index contributed by atoms with van der Waals surface area (Å²) >= 11 is 2.72. The van der Waals surface area contributed by atoms with Gasteiger partial charge < -0.3 is 14.5 Å². The maximum absolute atomic E-state index is 12.1. The summed E-state index contributed by atoms with van der Waals surface area (Å²) < 4.78 is 10.8. The number of aromatic nitrogens is 2. The van der Waals surface area contributed by atoms with Crippen LogP contribution in [0.4, 0.5) is 5.69 Å². The molecule has 0 saturated heterocycles. The number of nitrogens with one attached hydrogen (secondary N) is 1. The Hall–Kier alpha value is -2.32. The van der Waals surface area contributed by atoms with Gasteiger partial charge in [0.15, 0.2) is 0 Å². The number of nitrogens with zero attached hydrogens (tertiary/aromatic N) is 2. The monoisotopic (exact) mass is 361 g/mol. The van der Waals surface area contributed by atoms with Gasteiger partial charge in [-0.15, -0.1) is 21.5 Å². The number of aryl methyl sites for hydroxylation is 1. The number of thiophene rings is 1. The van der Waals surface area contributed by atoms with E-state index in [4.69, 9.17) is 9.15 Å². The Bertz CT molecular complexity index is 831. The van der Waals surface area contributed by atoms with E-state index in [2.05, 4.69) is 15.5 Å². The molecule has 0 bridgehead atoms. The van der Waals surface area contributed by atoms with Gasteiger partial charge in [-0.05, 0) is 36.1 Å². The minimum Gasteiger partial charge on any atom is -0.495 e. The van der Waals surface area contributed by atoms with E-state index in [0.717, 1.165) is 10.4 Å². The lowest BCUT2D eigenvalue weighted by Crippen LogP contribution is -2.14. The number of thioether (sulfide) groups is 1. The van der Waals surface area contributed by atoms with E-state index in [1.54, 1.807) is 7.11 Å². The lowest BCUT2D eigenvalue weighted by Gasteiger charge is -2.10. The molecule has 2 heterocycles. The molecule has 8 heteroatoms. The Balaban J connectivity index is 1.59. The zero-order valence-electron chi connectivity index (χ0n) is 13.1. The number of hydrogen-bond acceptors (Lipinski definition) is 7. The summed E-state index contributed by atoms with van der Waals surface area (Å²) in [5.41, 5.74) is 1.68. The number of rotatable bonds is 6. The van der Waals surface area contributed by atoms with Crippen LogP contribution in [0.1, 0.15) is 5.56 Å². The largest absolute Gasteiger partial charge is 0.495 e. The highest BCUT2D eigenvalue weighted by Gasteiger charge is 2.13. The van der Waals surface area contributed by atoms with E-state index >= 15 is 0 Å². The van der Waals surface area contributed by atoms with Gasteiger partial charge in [-0.25, -0.2) is 0 Å². The number of hydrogen-bond donors (Lipinski definition) is 1. The van der Waals surface area contributed by atoms with Crippen molar-refractivity contribution in [2.45, 2.75) is 12.1 Å². The third-order valence-electron chi connectivity index (χ3n) is 3.09. The Morgan fingerprint density at radius 2 is 2.25 bits per heavy atom. The molecule has 0 radical (unpaired) electrons. The summed E-state index contributed by atoms with van der Waals surface area (Å²) in [6, 6.07) is 9.43. The van der Waals surface area contributed by atoms with E-state index in [0.29, 0.717) is 22.6 Å². The summed E-state index contributed by atoms with van der Waals surface area (Å²) in [6.45, 7) is 1.95. The van der Waals surface area contributed by atoms with Gasteiger partial charge >= 0.3 is 0 Å². The van der Waals surface area contributed by atoms with Crippen LogP contribution in [-0.2, 0) is 4.79 Å². The van der Waals surface area contributed by atoms with Crippen LogP contribution in [0.25, 0.3) is 10.8 Å². The first kappa shape index (κ1) is 16.5. The SMILES string of the molecule is COc1ccc(C)cc1NC(=O)CSc1nnc(-c2cccs2)o1. The summed E-state index contributed by atoms with van der Waals surface area (Å²) in [5, 5.41) is 13.1. The Morgan fingerprint density at radius 1 is 1.38 bits per heavy atom. The molecule has 124 valence electrons. The Kier molecular flexibility index (Phi) is 5.17. The van der Waals surface area contributed by atoms with Crippen molar-refractivity contribution in [2.24, 2.45) is 0 Å². The molecule has 0 saturated carbocycles. The highest BCUT2D eigenvalue weighted by atomic mass is 32.2. The molecule has 0 atom stereocenters. The second-order valence-electron chi connectivity index (χ2n) is 4.89. The molecule has 3 rings (SSSR count). The predicted octanol–water partition coefficient (Wildman–Crippen LogP) is 3.85. The van der Waals surface area contributed by atoms with Crippen molar-refractivity contribution < 1.29 is 13.9 Å². The van der Waals surface area contributed by atoms with E-state index in [1.165, 1.54) is 23.1 Å². The van der Waals surface area contributed by atoms with Crippen molar-refractivity contribution in [2.75, 3.05) is 18.2 Å². The molecule has 2 aromatic heterocycles. The topological polar surface area (TPSA) is 77.2 Å². The van der Waals surface area contributed by atoms with Crippen LogP contribution in [0.3, 0.4) is 0 Å². The van der Waals surface area contributed by atoms with Gasteiger partial charge in [0.1, 0.15) is 5.75 Å². The molecule has 6 nitrogen and oxygen atoms in total. The summed E-state index contributed by atoms with van der Waals surface area (Å²) in [7, 11) is 1.57. The standard InChI is InChI=1S/C16H15N3O3S2/c1-10-5-6-12(21-2)11(8-10)17-14(20)9-24-16-19-18-15(22-16)13-4-3-7-23-13/h3-8H,9H2,1-2H3,(H,17,20). The first-order valence-electron chi connectivity index (χ1n) is 7.10. The summed E-state index contributed by atoms with van der Waals surface area (Å²) in [6.07, 6.45) is 0. The van der Waals surface area contributed by atoms with Crippen molar-refractivity contribution >= 4 is 34.7 Å². The lowest BCUT2D eigenvalue weighted by atomic mass is 10.2. The molecular weight excluding hydrogens is 346 g/mol. The molecule has 1 amide bonds. The van der Waals surface area contributed by atoms with Crippen LogP contribution < -0.4 is 10.1 Å². The Labute approximate surface area is 147 Å². The van der Waals surface area contributed by atoms with Crippen LogP contribution in [0.5, 0.6) is 5.75 Å². The Morgan fingerprint density at radius 3 is 3.00 bits per heavy atom. The van der Waals surface area contributed by atoms with E-state index < -0.39 is 0 Å². The van der Waals surface area contributed by atoms with Gasteiger partial charge in [0.05, 0.1) is 23.4 Å². The minimum atomic E-state index is -0.167. The molecule has 0 aliphatic carbocycles. The van der Waals surface area contributed by atoms with E-state index in [-0.39, 0.29) is 11.7 Å². The van der Waals surface area contributed by atoms with Gasteiger partial charge in [-0.2, -0.15) is 0 Å². The quantitative estimate of drug-likeness (QED) is 0.672. The van der Waals surface area contributed by atoms with E-state index in [9.17, 15) is 4.79 Å². The summed E-state index contributed by atoms with van der Waals surface area (Å²) in [5.74, 6) is 1.09. The molecule has 0 fully saturated rings. The fraction of sp³-hybridized carbons (Fsp3) is 0.188.